The number of carbonyl (C=O) groups excluding carboxylic acids is 1. The Labute approximate surface area is 180 Å². The van der Waals surface area contributed by atoms with Crippen molar-refractivity contribution >= 4 is 22.4 Å². The first-order valence-electron chi connectivity index (χ1n) is 10.6. The largest absolute Gasteiger partial charge is 0.421 e. The third kappa shape index (κ3) is 4.01. The van der Waals surface area contributed by atoms with Crippen molar-refractivity contribution < 1.29 is 9.21 Å². The molecule has 0 atom stereocenters. The van der Waals surface area contributed by atoms with E-state index >= 15 is 0 Å². The summed E-state index contributed by atoms with van der Waals surface area (Å²) in [5.41, 5.74) is 5.74. The molecule has 156 valence electrons. The number of amides is 1. The molecule has 4 aromatic rings. The zero-order valence-electron chi connectivity index (χ0n) is 17.5. The van der Waals surface area contributed by atoms with E-state index in [1.165, 1.54) is 22.1 Å². The fraction of sp³-hybridized carbons (Fsp3) is 0.240. The van der Waals surface area contributed by atoms with Crippen LogP contribution >= 0.6 is 0 Å². The van der Waals surface area contributed by atoms with Crippen molar-refractivity contribution in [1.29, 1.82) is 0 Å². The molecule has 6 heteroatoms. The molecule has 0 saturated carbocycles. The van der Waals surface area contributed by atoms with Gasteiger partial charge in [-0.2, -0.15) is 0 Å². The van der Waals surface area contributed by atoms with Crippen molar-refractivity contribution in [2.45, 2.75) is 26.2 Å². The summed E-state index contributed by atoms with van der Waals surface area (Å²) in [6, 6.07) is 16.3. The molecule has 0 aliphatic carbocycles. The van der Waals surface area contributed by atoms with Crippen LogP contribution in [0.2, 0.25) is 0 Å². The maximum atomic E-state index is 12.7. The van der Waals surface area contributed by atoms with Gasteiger partial charge in [-0.25, -0.2) is 0 Å². The summed E-state index contributed by atoms with van der Waals surface area (Å²) in [4.78, 5) is 17.9. The molecule has 0 radical (unpaired) electrons. The molecule has 1 aliphatic rings. The second-order valence-electron chi connectivity index (χ2n) is 7.93. The zero-order valence-corrected chi connectivity index (χ0v) is 17.5. The van der Waals surface area contributed by atoms with Crippen molar-refractivity contribution in [2.24, 2.45) is 0 Å². The molecule has 0 fully saturated rings. The first-order chi connectivity index (χ1) is 15.2. The number of hydrogen-bond donors (Lipinski definition) is 1. The lowest BCUT2D eigenvalue weighted by Gasteiger charge is -2.26. The van der Waals surface area contributed by atoms with E-state index in [1.54, 1.807) is 0 Å². The molecule has 1 amide bonds. The lowest BCUT2D eigenvalue weighted by molar-refractivity contribution is -0.130. The SMILES string of the molecule is Cc1ccc(-c2nnc(CCC(=O)N3CC=C(c4c[nH]c5ccccc45)CC3)o2)cc1. The lowest BCUT2D eigenvalue weighted by Crippen LogP contribution is -2.34. The van der Waals surface area contributed by atoms with E-state index in [0.717, 1.165) is 24.0 Å². The molecule has 3 heterocycles. The van der Waals surface area contributed by atoms with Crippen LogP contribution in [-0.4, -0.2) is 39.1 Å². The molecular weight excluding hydrogens is 388 g/mol. The summed E-state index contributed by atoms with van der Waals surface area (Å²) in [5.74, 6) is 1.10. The van der Waals surface area contributed by atoms with Gasteiger partial charge in [0.05, 0.1) is 0 Å². The molecule has 6 nitrogen and oxygen atoms in total. The number of hydrogen-bond acceptors (Lipinski definition) is 4. The van der Waals surface area contributed by atoms with E-state index in [0.29, 0.717) is 31.2 Å². The number of H-pyrrole nitrogens is 1. The van der Waals surface area contributed by atoms with E-state index in [4.69, 9.17) is 4.42 Å². The van der Waals surface area contributed by atoms with Gasteiger partial charge in [-0.3, -0.25) is 4.79 Å². The Morgan fingerprint density at radius 3 is 2.77 bits per heavy atom. The second kappa shape index (κ2) is 8.22. The van der Waals surface area contributed by atoms with Crippen molar-refractivity contribution in [2.75, 3.05) is 13.1 Å². The Kier molecular flexibility index (Phi) is 5.12. The fourth-order valence-electron chi connectivity index (χ4n) is 4.02. The topological polar surface area (TPSA) is 75.0 Å². The number of benzene rings is 2. The Balaban J connectivity index is 1.19. The Bertz CT molecular complexity index is 1250. The van der Waals surface area contributed by atoms with Crippen LogP contribution < -0.4 is 0 Å². The predicted octanol–water partition coefficient (Wildman–Crippen LogP) is 4.77. The number of para-hydroxylation sites is 1. The van der Waals surface area contributed by atoms with Gasteiger partial charge in [0, 0.05) is 54.2 Å². The highest BCUT2D eigenvalue weighted by molar-refractivity contribution is 5.93. The Morgan fingerprint density at radius 2 is 1.97 bits per heavy atom. The van der Waals surface area contributed by atoms with Crippen LogP contribution in [0.1, 0.15) is 29.9 Å². The molecule has 2 aromatic carbocycles. The van der Waals surface area contributed by atoms with E-state index in [1.807, 2.05) is 42.2 Å². The number of aromatic amines is 1. The molecule has 0 spiro atoms. The van der Waals surface area contributed by atoms with Crippen LogP contribution in [0.4, 0.5) is 0 Å². The van der Waals surface area contributed by atoms with E-state index in [-0.39, 0.29) is 5.91 Å². The minimum atomic E-state index is 0.115. The van der Waals surface area contributed by atoms with Gasteiger partial charge < -0.3 is 14.3 Å². The van der Waals surface area contributed by atoms with Crippen LogP contribution in [0.5, 0.6) is 0 Å². The minimum absolute atomic E-state index is 0.115. The highest BCUT2D eigenvalue weighted by atomic mass is 16.4. The lowest BCUT2D eigenvalue weighted by atomic mass is 9.99. The Hall–Kier alpha value is -3.67. The molecule has 0 unspecified atom stereocenters. The van der Waals surface area contributed by atoms with Gasteiger partial charge in [0.1, 0.15) is 0 Å². The van der Waals surface area contributed by atoms with Crippen LogP contribution in [0.3, 0.4) is 0 Å². The number of nitrogens with zero attached hydrogens (tertiary/aromatic N) is 3. The molecule has 5 rings (SSSR count). The first-order valence-corrected chi connectivity index (χ1v) is 10.6. The first kappa shape index (κ1) is 19.3. The molecule has 0 saturated heterocycles. The van der Waals surface area contributed by atoms with Crippen LogP contribution in [-0.2, 0) is 11.2 Å². The van der Waals surface area contributed by atoms with E-state index in [9.17, 15) is 4.79 Å². The Morgan fingerprint density at radius 1 is 1.13 bits per heavy atom. The van der Waals surface area contributed by atoms with Gasteiger partial charge in [0.15, 0.2) is 0 Å². The van der Waals surface area contributed by atoms with Gasteiger partial charge in [-0.1, -0.05) is 42.0 Å². The number of carbonyl (C=O) groups is 1. The summed E-state index contributed by atoms with van der Waals surface area (Å²) in [6.07, 6.45) is 5.90. The van der Waals surface area contributed by atoms with Crippen LogP contribution in [0, 0.1) is 6.92 Å². The third-order valence-electron chi connectivity index (χ3n) is 5.82. The maximum absolute atomic E-state index is 12.7. The van der Waals surface area contributed by atoms with Gasteiger partial charge in [0.2, 0.25) is 17.7 Å². The molecular formula is C25H24N4O2. The van der Waals surface area contributed by atoms with Crippen molar-refractivity contribution in [1.82, 2.24) is 20.1 Å². The van der Waals surface area contributed by atoms with Crippen molar-refractivity contribution in [3.8, 4) is 11.5 Å². The maximum Gasteiger partial charge on any atom is 0.247 e. The normalized spacial score (nSPS) is 14.1. The quantitative estimate of drug-likeness (QED) is 0.512. The summed E-state index contributed by atoms with van der Waals surface area (Å²) in [5, 5.41) is 9.45. The van der Waals surface area contributed by atoms with Crippen molar-refractivity contribution in [3.63, 3.8) is 0 Å². The smallest absolute Gasteiger partial charge is 0.247 e. The molecule has 2 aromatic heterocycles. The van der Waals surface area contributed by atoms with Crippen molar-refractivity contribution in [3.05, 3.63) is 77.8 Å². The molecule has 1 N–H and O–H groups in total. The van der Waals surface area contributed by atoms with Gasteiger partial charge in [-0.15, -0.1) is 10.2 Å². The van der Waals surface area contributed by atoms with Gasteiger partial charge in [0.25, 0.3) is 0 Å². The third-order valence-corrected chi connectivity index (χ3v) is 5.82. The van der Waals surface area contributed by atoms with Gasteiger partial charge >= 0.3 is 0 Å². The fourth-order valence-corrected chi connectivity index (χ4v) is 4.02. The van der Waals surface area contributed by atoms with Crippen LogP contribution in [0.25, 0.3) is 27.9 Å². The number of aromatic nitrogens is 3. The van der Waals surface area contributed by atoms with Gasteiger partial charge in [-0.05, 0) is 37.1 Å². The van der Waals surface area contributed by atoms with E-state index < -0.39 is 0 Å². The zero-order chi connectivity index (χ0) is 21.2. The average molecular weight is 412 g/mol. The predicted molar refractivity (Wildman–Crippen MR) is 120 cm³/mol. The molecule has 1 aliphatic heterocycles. The summed E-state index contributed by atoms with van der Waals surface area (Å²) in [6.45, 7) is 3.39. The van der Waals surface area contributed by atoms with Crippen LogP contribution in [0.15, 0.2) is 65.2 Å². The number of nitrogens with one attached hydrogen (secondary N) is 1. The van der Waals surface area contributed by atoms with E-state index in [2.05, 4.69) is 45.7 Å². The monoisotopic (exact) mass is 412 g/mol. The highest BCUT2D eigenvalue weighted by Gasteiger charge is 2.20. The minimum Gasteiger partial charge on any atom is -0.421 e. The number of rotatable bonds is 5. The molecule has 31 heavy (non-hydrogen) atoms. The highest BCUT2D eigenvalue weighted by Crippen LogP contribution is 2.29. The second-order valence-corrected chi connectivity index (χ2v) is 7.93. The number of fused-ring (bicyclic) bond motifs is 1. The summed E-state index contributed by atoms with van der Waals surface area (Å²) >= 11 is 0. The molecule has 0 bridgehead atoms. The number of aryl methyl sites for hydroxylation is 2. The summed E-state index contributed by atoms with van der Waals surface area (Å²) < 4.78 is 5.75. The summed E-state index contributed by atoms with van der Waals surface area (Å²) in [7, 11) is 0. The standard InChI is InChI=1S/C25H24N4O2/c1-17-6-8-19(9-7-17)25-28-27-23(31-25)10-11-24(30)29-14-12-18(13-15-29)21-16-26-22-5-3-2-4-20(21)22/h2-9,12,16,26H,10-11,13-15H2,1H3. The average Bonchev–Trinajstić information content (AvgIpc) is 3.45.